The van der Waals surface area contributed by atoms with Crippen LogP contribution in [-0.4, -0.2) is 28.1 Å². The highest BCUT2D eigenvalue weighted by molar-refractivity contribution is 6.01. The zero-order valence-electron chi connectivity index (χ0n) is 15.2. The predicted molar refractivity (Wildman–Crippen MR) is 93.7 cm³/mol. The van der Waals surface area contributed by atoms with Crippen LogP contribution in [0.25, 0.3) is 0 Å². The van der Waals surface area contributed by atoms with Gasteiger partial charge in [-0.25, -0.2) is 0 Å². The SMILES string of the molecule is C[C@@H]1C[C@H]2C3CCC4=CC(=O)C=C[C@]4(C)C3[C@@H](O)C[C@]2(C)[C@H]1C(=O)O. The van der Waals surface area contributed by atoms with Gasteiger partial charge < -0.3 is 10.2 Å². The Morgan fingerprint density at radius 2 is 2.04 bits per heavy atom. The Hall–Kier alpha value is -1.42. The Morgan fingerprint density at radius 3 is 2.72 bits per heavy atom. The number of rotatable bonds is 1. The van der Waals surface area contributed by atoms with Crippen molar-refractivity contribution in [3.8, 4) is 0 Å². The Labute approximate surface area is 149 Å². The van der Waals surface area contributed by atoms with E-state index in [1.807, 2.05) is 6.08 Å². The number of allylic oxidation sites excluding steroid dienone is 4. The van der Waals surface area contributed by atoms with Gasteiger partial charge in [-0.3, -0.25) is 9.59 Å². The number of ketones is 1. The van der Waals surface area contributed by atoms with E-state index in [4.69, 9.17) is 0 Å². The molecule has 4 nitrogen and oxygen atoms in total. The topological polar surface area (TPSA) is 74.6 Å². The first kappa shape index (κ1) is 17.0. The molecule has 2 unspecified atom stereocenters. The summed E-state index contributed by atoms with van der Waals surface area (Å²) in [4.78, 5) is 23.7. The smallest absolute Gasteiger partial charge is 0.307 e. The van der Waals surface area contributed by atoms with Gasteiger partial charge in [-0.2, -0.15) is 0 Å². The van der Waals surface area contributed by atoms with E-state index in [1.165, 1.54) is 0 Å². The Morgan fingerprint density at radius 1 is 1.32 bits per heavy atom. The highest BCUT2D eigenvalue weighted by Crippen LogP contribution is 2.67. The van der Waals surface area contributed by atoms with Gasteiger partial charge in [0.25, 0.3) is 0 Å². The fourth-order valence-electron chi connectivity index (χ4n) is 7.22. The molecule has 0 heterocycles. The first-order valence-electron chi connectivity index (χ1n) is 9.53. The van der Waals surface area contributed by atoms with Gasteiger partial charge in [0.2, 0.25) is 0 Å². The molecule has 0 aliphatic heterocycles. The molecule has 0 amide bonds. The number of carboxylic acids is 1. The van der Waals surface area contributed by atoms with Gasteiger partial charge in [-0.15, -0.1) is 0 Å². The van der Waals surface area contributed by atoms with Crippen molar-refractivity contribution in [2.75, 3.05) is 0 Å². The van der Waals surface area contributed by atoms with Crippen molar-refractivity contribution in [3.63, 3.8) is 0 Å². The molecule has 8 atom stereocenters. The fraction of sp³-hybridized carbons (Fsp3) is 0.714. The maximum Gasteiger partial charge on any atom is 0.307 e. The van der Waals surface area contributed by atoms with Crippen LogP contribution >= 0.6 is 0 Å². The highest BCUT2D eigenvalue weighted by atomic mass is 16.4. The van der Waals surface area contributed by atoms with Crippen molar-refractivity contribution < 1.29 is 19.8 Å². The molecule has 4 aliphatic rings. The summed E-state index contributed by atoms with van der Waals surface area (Å²) in [5, 5.41) is 20.9. The molecule has 0 radical (unpaired) electrons. The third-order valence-electron chi connectivity index (χ3n) is 8.10. The van der Waals surface area contributed by atoms with Crippen LogP contribution in [0.15, 0.2) is 23.8 Å². The lowest BCUT2D eigenvalue weighted by atomic mass is 9.47. The molecule has 3 fully saturated rings. The van der Waals surface area contributed by atoms with Gasteiger partial charge in [0.15, 0.2) is 5.78 Å². The van der Waals surface area contributed by atoms with Crippen LogP contribution in [0, 0.1) is 40.4 Å². The Kier molecular flexibility index (Phi) is 3.60. The number of aliphatic carboxylic acids is 1. The van der Waals surface area contributed by atoms with Gasteiger partial charge in [-0.05, 0) is 61.0 Å². The standard InChI is InChI=1S/C21H28O4/c1-11-8-15-14-5-4-12-9-13(22)6-7-20(12,2)18(14)16(23)10-21(15,3)17(11)19(24)25/h6-7,9,11,14-18,23H,4-5,8,10H2,1-3H3,(H,24,25)/t11-,14?,15+,16+,17-,18?,20+,21+/m1/s1. The minimum Gasteiger partial charge on any atom is -0.481 e. The second-order valence-electron chi connectivity index (χ2n) is 9.33. The highest BCUT2D eigenvalue weighted by Gasteiger charge is 2.64. The molecule has 0 saturated heterocycles. The molecule has 4 aliphatic carbocycles. The maximum atomic E-state index is 11.9. The van der Waals surface area contributed by atoms with E-state index in [0.717, 1.165) is 24.8 Å². The van der Waals surface area contributed by atoms with Gasteiger partial charge in [-0.1, -0.05) is 32.4 Å². The lowest BCUT2D eigenvalue weighted by molar-refractivity contribution is -0.156. The average Bonchev–Trinajstić information content (AvgIpc) is 2.77. The second-order valence-corrected chi connectivity index (χ2v) is 9.33. The van der Waals surface area contributed by atoms with Crippen molar-refractivity contribution in [2.45, 2.75) is 52.6 Å². The molecular formula is C21H28O4. The summed E-state index contributed by atoms with van der Waals surface area (Å²) in [6.45, 7) is 6.30. The van der Waals surface area contributed by atoms with Crippen LogP contribution < -0.4 is 0 Å². The van der Waals surface area contributed by atoms with Gasteiger partial charge >= 0.3 is 5.97 Å². The first-order chi connectivity index (χ1) is 11.7. The predicted octanol–water partition coefficient (Wildman–Crippen LogP) is 3.21. The average molecular weight is 344 g/mol. The van der Waals surface area contributed by atoms with E-state index >= 15 is 0 Å². The van der Waals surface area contributed by atoms with E-state index in [2.05, 4.69) is 20.8 Å². The van der Waals surface area contributed by atoms with E-state index in [0.29, 0.717) is 18.3 Å². The lowest BCUT2D eigenvalue weighted by Gasteiger charge is -2.58. The van der Waals surface area contributed by atoms with Crippen LogP contribution in [0.3, 0.4) is 0 Å². The summed E-state index contributed by atoms with van der Waals surface area (Å²) in [7, 11) is 0. The minimum atomic E-state index is -0.714. The van der Waals surface area contributed by atoms with E-state index in [9.17, 15) is 19.8 Å². The molecule has 0 aromatic carbocycles. The van der Waals surface area contributed by atoms with Crippen molar-refractivity contribution in [1.82, 2.24) is 0 Å². The lowest BCUT2D eigenvalue weighted by Crippen LogP contribution is -2.56. The molecule has 2 N–H and O–H groups in total. The van der Waals surface area contributed by atoms with E-state index in [1.54, 1.807) is 12.2 Å². The molecule has 4 rings (SSSR count). The molecule has 25 heavy (non-hydrogen) atoms. The maximum absolute atomic E-state index is 11.9. The Bertz CT molecular complexity index is 692. The summed E-state index contributed by atoms with van der Waals surface area (Å²) >= 11 is 0. The minimum absolute atomic E-state index is 0.0430. The van der Waals surface area contributed by atoms with Crippen LogP contribution in [0.1, 0.15) is 46.5 Å². The Balaban J connectivity index is 1.76. The number of hydrogen-bond donors (Lipinski definition) is 2. The number of carboxylic acid groups (broad SMARTS) is 1. The molecular weight excluding hydrogens is 316 g/mol. The van der Waals surface area contributed by atoms with Gasteiger partial charge in [0, 0.05) is 11.3 Å². The second kappa shape index (κ2) is 5.29. The third-order valence-corrected chi connectivity index (χ3v) is 8.10. The number of hydrogen-bond acceptors (Lipinski definition) is 3. The van der Waals surface area contributed by atoms with Crippen LogP contribution in [0.5, 0.6) is 0 Å². The van der Waals surface area contributed by atoms with Crippen molar-refractivity contribution in [1.29, 1.82) is 0 Å². The van der Waals surface area contributed by atoms with Crippen molar-refractivity contribution >= 4 is 11.8 Å². The van der Waals surface area contributed by atoms with Crippen molar-refractivity contribution in [2.24, 2.45) is 40.4 Å². The monoisotopic (exact) mass is 344 g/mol. The molecule has 3 saturated carbocycles. The van der Waals surface area contributed by atoms with Gasteiger partial charge in [0.1, 0.15) is 0 Å². The summed E-state index contributed by atoms with van der Waals surface area (Å²) < 4.78 is 0. The molecule has 0 bridgehead atoms. The summed E-state index contributed by atoms with van der Waals surface area (Å²) in [6, 6.07) is 0. The molecule has 0 aromatic rings. The molecule has 4 heteroatoms. The fourth-order valence-corrected chi connectivity index (χ4v) is 7.22. The largest absolute Gasteiger partial charge is 0.481 e. The van der Waals surface area contributed by atoms with Gasteiger partial charge in [0.05, 0.1) is 12.0 Å². The summed E-state index contributed by atoms with van der Waals surface area (Å²) in [5.74, 6) is -0.167. The quantitative estimate of drug-likeness (QED) is 0.766. The molecule has 0 aromatic heterocycles. The molecule has 136 valence electrons. The number of aliphatic hydroxyl groups excluding tert-OH is 1. The van der Waals surface area contributed by atoms with E-state index < -0.39 is 12.1 Å². The summed E-state index contributed by atoms with van der Waals surface area (Å²) in [5.41, 5.74) is 0.532. The third kappa shape index (κ3) is 2.16. The van der Waals surface area contributed by atoms with Crippen LogP contribution in [0.4, 0.5) is 0 Å². The number of carbonyl (C=O) groups is 2. The van der Waals surface area contributed by atoms with Crippen LogP contribution in [0.2, 0.25) is 0 Å². The zero-order valence-corrected chi connectivity index (χ0v) is 15.2. The zero-order chi connectivity index (χ0) is 18.1. The van der Waals surface area contributed by atoms with E-state index in [-0.39, 0.29) is 34.4 Å². The molecule has 0 spiro atoms. The number of carbonyl (C=O) groups excluding carboxylic acids is 1. The first-order valence-corrected chi connectivity index (χ1v) is 9.53. The number of fused-ring (bicyclic) bond motifs is 5. The normalized spacial score (nSPS) is 51.4. The van der Waals surface area contributed by atoms with Crippen molar-refractivity contribution in [3.05, 3.63) is 23.8 Å². The number of aliphatic hydroxyl groups is 1. The summed E-state index contributed by atoms with van der Waals surface area (Å²) in [6.07, 6.45) is 8.18. The van der Waals surface area contributed by atoms with Crippen LogP contribution in [-0.2, 0) is 9.59 Å².